The number of unbranched alkanes of at least 4 members (excludes halogenated alkanes) is 2. The highest BCUT2D eigenvalue weighted by Crippen LogP contribution is 2.33. The molecule has 2 aliphatic rings. The molecular formula is C40H58N12O13S2. The first-order chi connectivity index (χ1) is 31.9. The molecule has 25 nitrogen and oxygen atoms in total. The summed E-state index contributed by atoms with van der Waals surface area (Å²) in [5.41, 5.74) is 7.08. The smallest absolute Gasteiger partial charge is 0.315 e. The number of primary amides is 1. The molecule has 1 aromatic carbocycles. The molecule has 2 aromatic rings. The summed E-state index contributed by atoms with van der Waals surface area (Å²) >= 11 is 1.82. The van der Waals surface area contributed by atoms with Crippen molar-refractivity contribution in [3.8, 4) is 5.75 Å². The van der Waals surface area contributed by atoms with E-state index in [-0.39, 0.29) is 41.8 Å². The minimum absolute atomic E-state index is 0.101. The number of nitrogens with one attached hydrogen (secondary N) is 10. The molecule has 1 unspecified atom stereocenters. The standard InChI is InChI=1S/C40H58N12O13S2/c1-22(47-38(59)27(15-23-17-42-21-46-23)49-39(60)30(16-32(54)52-62)67(63,64)25-12-10-24(65-2)11-13-25)37(58)45-18-33(55)44-19-34(56)48-26(36(41)57)7-5-6-14-43-31(53)9-4-3-8-29-35-28(20-66-29)50-40(61)51-35/h10-13,17,21-22,26-30,35,62H,3-9,14-16,18-20H2,1-2H3,(H2,41,57)(H,42,46)(H,43,53)(H,44,55)(H,45,58)(H,47,59)(H,48,56)(H,49,60)(H,52,54)(H2,50,51,61)/t22-,26-,27-,28-,29-,30?,35-/m0/s1. The van der Waals surface area contributed by atoms with Gasteiger partial charge in [0.05, 0.1) is 49.9 Å². The molecule has 2 fully saturated rings. The second-order valence-electron chi connectivity index (χ2n) is 15.8. The van der Waals surface area contributed by atoms with Crippen LogP contribution in [0, 0.1) is 0 Å². The number of rotatable bonds is 28. The Hall–Kier alpha value is -6.48. The molecule has 2 saturated heterocycles. The molecule has 0 bridgehead atoms. The van der Waals surface area contributed by atoms with Gasteiger partial charge in [-0.15, -0.1) is 0 Å². The minimum Gasteiger partial charge on any atom is -0.497 e. The number of methoxy groups -OCH3 is 1. The van der Waals surface area contributed by atoms with E-state index < -0.39 is 94.1 Å². The second kappa shape index (κ2) is 26.0. The fraction of sp³-hybridized carbons (Fsp3) is 0.550. The molecule has 4 rings (SSSR count). The molecule has 1 aromatic heterocycles. The molecule has 13 N–H and O–H groups in total. The van der Waals surface area contributed by atoms with E-state index in [9.17, 15) is 51.6 Å². The van der Waals surface area contributed by atoms with Gasteiger partial charge in [0.15, 0.2) is 15.1 Å². The van der Waals surface area contributed by atoms with E-state index in [4.69, 9.17) is 15.7 Å². The number of benzene rings is 1. The van der Waals surface area contributed by atoms with Gasteiger partial charge in [-0.25, -0.2) is 23.7 Å². The molecule has 3 heterocycles. The van der Waals surface area contributed by atoms with Crippen molar-refractivity contribution in [3.05, 3.63) is 42.5 Å². The van der Waals surface area contributed by atoms with Crippen LogP contribution >= 0.6 is 11.8 Å². The topological polar surface area (TPSA) is 380 Å². The molecule has 10 amide bonds. The Balaban J connectivity index is 1.17. The van der Waals surface area contributed by atoms with Gasteiger partial charge in [0.25, 0.3) is 0 Å². The van der Waals surface area contributed by atoms with E-state index >= 15 is 0 Å². The van der Waals surface area contributed by atoms with Crippen molar-refractivity contribution in [2.45, 2.75) is 110 Å². The minimum atomic E-state index is -4.61. The van der Waals surface area contributed by atoms with Crippen LogP contribution in [0.3, 0.4) is 0 Å². The highest BCUT2D eigenvalue weighted by molar-refractivity contribution is 8.00. The number of aromatic amines is 1. The largest absolute Gasteiger partial charge is 0.497 e. The van der Waals surface area contributed by atoms with Gasteiger partial charge in [0.1, 0.15) is 23.9 Å². The molecule has 0 saturated carbocycles. The first-order valence-corrected chi connectivity index (χ1v) is 24.0. The summed E-state index contributed by atoms with van der Waals surface area (Å²) < 4.78 is 32.2. The number of carbonyl (C=O) groups excluding carboxylic acids is 9. The molecule has 2 aliphatic heterocycles. The zero-order valence-corrected chi connectivity index (χ0v) is 38.5. The third kappa shape index (κ3) is 16.7. The lowest BCUT2D eigenvalue weighted by Gasteiger charge is -2.23. The number of hydrogen-bond donors (Lipinski definition) is 12. The number of carbonyl (C=O) groups is 9. The van der Waals surface area contributed by atoms with Crippen molar-refractivity contribution < 1.29 is 61.5 Å². The molecule has 27 heteroatoms. The molecule has 0 radical (unpaired) electrons. The predicted octanol–water partition coefficient (Wildman–Crippen LogP) is -3.10. The Bertz CT molecular complexity index is 2180. The maximum Gasteiger partial charge on any atom is 0.315 e. The molecule has 368 valence electrons. The summed E-state index contributed by atoms with van der Waals surface area (Å²) in [5, 5.41) is 27.7. The summed E-state index contributed by atoms with van der Waals surface area (Å²) in [6, 6.07) is 1.16. The number of ether oxygens (including phenoxy) is 1. The van der Waals surface area contributed by atoms with E-state index in [1.54, 1.807) is 0 Å². The maximum absolute atomic E-state index is 13.6. The number of imidazole rings is 1. The number of amides is 10. The monoisotopic (exact) mass is 978 g/mol. The summed E-state index contributed by atoms with van der Waals surface area (Å²) in [6.07, 6.45) is 5.25. The van der Waals surface area contributed by atoms with Crippen LogP contribution < -0.4 is 58.5 Å². The number of sulfone groups is 1. The lowest BCUT2D eigenvalue weighted by molar-refractivity contribution is -0.133. The van der Waals surface area contributed by atoms with Crippen molar-refractivity contribution in [1.29, 1.82) is 0 Å². The van der Waals surface area contributed by atoms with Crippen molar-refractivity contribution in [2.75, 3.05) is 32.5 Å². The van der Waals surface area contributed by atoms with Crippen LogP contribution in [0.25, 0.3) is 0 Å². The van der Waals surface area contributed by atoms with Gasteiger partial charge in [0, 0.05) is 42.3 Å². The van der Waals surface area contributed by atoms with E-state index in [0.717, 1.165) is 30.7 Å². The van der Waals surface area contributed by atoms with Gasteiger partial charge in [-0.05, 0) is 63.3 Å². The van der Waals surface area contributed by atoms with Crippen LogP contribution in [0.15, 0.2) is 41.7 Å². The Morgan fingerprint density at radius 2 is 1.60 bits per heavy atom. The predicted molar refractivity (Wildman–Crippen MR) is 238 cm³/mol. The maximum atomic E-state index is 13.6. The first-order valence-electron chi connectivity index (χ1n) is 21.4. The summed E-state index contributed by atoms with van der Waals surface area (Å²) in [7, 11) is -3.25. The number of fused-ring (bicyclic) bond motifs is 1. The van der Waals surface area contributed by atoms with Gasteiger partial charge >= 0.3 is 6.03 Å². The van der Waals surface area contributed by atoms with Gasteiger partial charge < -0.3 is 58.0 Å². The fourth-order valence-corrected chi connectivity index (χ4v) is 10.2. The molecule has 0 spiro atoms. The highest BCUT2D eigenvalue weighted by atomic mass is 32.2. The number of thioether (sulfide) groups is 1. The normalized spacial score (nSPS) is 18.0. The Labute approximate surface area is 390 Å². The van der Waals surface area contributed by atoms with Crippen LogP contribution in [-0.2, 0) is 54.6 Å². The van der Waals surface area contributed by atoms with Gasteiger partial charge in [-0.1, -0.05) is 6.42 Å². The summed E-state index contributed by atoms with van der Waals surface area (Å²) in [6.45, 7) is 0.410. The summed E-state index contributed by atoms with van der Waals surface area (Å²) in [4.78, 5) is 119. The molecule has 0 aliphatic carbocycles. The van der Waals surface area contributed by atoms with Crippen molar-refractivity contribution in [1.82, 2.24) is 58.0 Å². The zero-order chi connectivity index (χ0) is 49.1. The molecule has 7 atom stereocenters. The zero-order valence-electron chi connectivity index (χ0n) is 36.9. The number of hydroxylamine groups is 1. The number of H-pyrrole nitrogens is 1. The lowest BCUT2D eigenvalue weighted by atomic mass is 10.0. The number of nitrogens with zero attached hydrogens (tertiary/aromatic N) is 1. The third-order valence-electron chi connectivity index (χ3n) is 10.8. The number of hydrogen-bond acceptors (Lipinski definition) is 15. The Kier molecular flexibility index (Phi) is 20.6. The van der Waals surface area contributed by atoms with Gasteiger partial charge in [0.2, 0.25) is 47.3 Å². The van der Waals surface area contributed by atoms with E-state index in [1.165, 1.54) is 44.2 Å². The van der Waals surface area contributed by atoms with Crippen molar-refractivity contribution in [2.24, 2.45) is 5.73 Å². The highest BCUT2D eigenvalue weighted by Gasteiger charge is 2.43. The fourth-order valence-electron chi connectivity index (χ4n) is 7.11. The summed E-state index contributed by atoms with van der Waals surface area (Å²) in [5.74, 6) is -5.58. The van der Waals surface area contributed by atoms with Gasteiger partial charge in [-0.3, -0.25) is 43.6 Å². The van der Waals surface area contributed by atoms with E-state index in [1.807, 2.05) is 11.8 Å². The first kappa shape index (κ1) is 53.1. The average molecular weight is 979 g/mol. The van der Waals surface area contributed by atoms with Crippen molar-refractivity contribution in [3.63, 3.8) is 0 Å². The van der Waals surface area contributed by atoms with Crippen molar-refractivity contribution >= 4 is 74.9 Å². The molecule has 67 heavy (non-hydrogen) atoms. The third-order valence-corrected chi connectivity index (χ3v) is 14.4. The van der Waals surface area contributed by atoms with Crippen LogP contribution in [0.1, 0.15) is 64.0 Å². The number of urea groups is 1. The van der Waals surface area contributed by atoms with Crippen LogP contribution in [0.5, 0.6) is 5.75 Å². The lowest BCUT2D eigenvalue weighted by Crippen LogP contribution is -2.56. The molecular weight excluding hydrogens is 921 g/mol. The quantitative estimate of drug-likeness (QED) is 0.0174. The van der Waals surface area contributed by atoms with E-state index in [0.29, 0.717) is 48.9 Å². The van der Waals surface area contributed by atoms with Crippen LogP contribution in [0.4, 0.5) is 4.79 Å². The van der Waals surface area contributed by atoms with Crippen LogP contribution in [0.2, 0.25) is 0 Å². The number of nitrogens with two attached hydrogens (primary N) is 1. The number of aromatic nitrogens is 2. The Morgan fingerprint density at radius 1 is 0.866 bits per heavy atom. The van der Waals surface area contributed by atoms with E-state index in [2.05, 4.69) is 52.5 Å². The van der Waals surface area contributed by atoms with Gasteiger partial charge in [-0.2, -0.15) is 11.8 Å². The second-order valence-corrected chi connectivity index (χ2v) is 19.2. The van der Waals surface area contributed by atoms with Crippen LogP contribution in [-0.4, -0.2) is 150 Å². The SMILES string of the molecule is COc1ccc(S(=O)(=O)C(CC(=O)NO)C(=O)N[C@@H](Cc2cnc[nH]2)C(=O)N[C@@H](C)C(=O)NCC(=O)NCC(=O)N[C@@H](CCCCNC(=O)CCCC[C@@H]2SC[C@@H]3NC(=O)N[C@@H]32)C(N)=O)cc1. The average Bonchev–Trinajstić information content (AvgIpc) is 4.05. The Morgan fingerprint density at radius 3 is 2.27 bits per heavy atom.